The zero-order valence-electron chi connectivity index (χ0n) is 16.2. The fourth-order valence-corrected chi connectivity index (χ4v) is 4.06. The predicted octanol–water partition coefficient (Wildman–Crippen LogP) is 4.71. The Bertz CT molecular complexity index is 1010. The van der Waals surface area contributed by atoms with Crippen LogP contribution in [0.5, 0.6) is 0 Å². The molecule has 6 heteroatoms. The van der Waals surface area contributed by atoms with Gasteiger partial charge in [0.15, 0.2) is 0 Å². The highest BCUT2D eigenvalue weighted by Gasteiger charge is 2.23. The van der Waals surface area contributed by atoms with Crippen LogP contribution in [0.1, 0.15) is 48.3 Å². The maximum Gasteiger partial charge on any atom is 0.255 e. The number of carbonyl (C=O) groups excluding carboxylic acids is 1. The number of aromatic nitrogens is 2. The third-order valence-electron chi connectivity index (χ3n) is 5.60. The molecule has 28 heavy (non-hydrogen) atoms. The summed E-state index contributed by atoms with van der Waals surface area (Å²) < 4.78 is 0. The summed E-state index contributed by atoms with van der Waals surface area (Å²) in [4.78, 5) is 20.2. The number of benzene rings is 1. The minimum Gasteiger partial charge on any atom is -0.358 e. The molecule has 146 valence electrons. The number of aryl methyl sites for hydroxylation is 1. The number of nitrogens with one attached hydrogen (secondary N) is 3. The number of carbonyl (C=O) groups is 1. The molecule has 0 spiro atoms. The number of H-pyrrole nitrogens is 1. The number of hydrogen-bond donors (Lipinski definition) is 3. The van der Waals surface area contributed by atoms with Gasteiger partial charge >= 0.3 is 0 Å². The van der Waals surface area contributed by atoms with E-state index in [-0.39, 0.29) is 5.91 Å². The van der Waals surface area contributed by atoms with Crippen molar-refractivity contribution < 1.29 is 4.79 Å². The first-order chi connectivity index (χ1) is 13.5. The normalized spacial score (nSPS) is 17.3. The van der Waals surface area contributed by atoms with E-state index in [4.69, 9.17) is 11.6 Å². The van der Waals surface area contributed by atoms with Crippen molar-refractivity contribution in [3.63, 3.8) is 0 Å². The van der Waals surface area contributed by atoms with E-state index >= 15 is 0 Å². The molecule has 2 unspecified atom stereocenters. The van der Waals surface area contributed by atoms with Gasteiger partial charge in [0.1, 0.15) is 0 Å². The van der Waals surface area contributed by atoms with E-state index in [2.05, 4.69) is 34.4 Å². The molecule has 4 rings (SSSR count). The van der Waals surface area contributed by atoms with Crippen molar-refractivity contribution in [3.8, 4) is 0 Å². The topological polar surface area (TPSA) is 69.8 Å². The first-order valence-corrected chi connectivity index (χ1v) is 10.2. The van der Waals surface area contributed by atoms with Crippen LogP contribution >= 0.6 is 11.6 Å². The summed E-state index contributed by atoms with van der Waals surface area (Å²) in [7, 11) is 0. The molecule has 0 saturated heterocycles. The largest absolute Gasteiger partial charge is 0.358 e. The zero-order chi connectivity index (χ0) is 19.7. The second-order valence-electron chi connectivity index (χ2n) is 7.57. The number of fused-ring (bicyclic) bond motifs is 3. The Morgan fingerprint density at radius 1 is 1.39 bits per heavy atom. The lowest BCUT2D eigenvalue weighted by molar-refractivity contribution is 0.102. The summed E-state index contributed by atoms with van der Waals surface area (Å²) >= 11 is 6.11. The van der Waals surface area contributed by atoms with Gasteiger partial charge in [-0.3, -0.25) is 9.78 Å². The van der Waals surface area contributed by atoms with Gasteiger partial charge in [0, 0.05) is 46.6 Å². The number of aromatic amines is 1. The summed E-state index contributed by atoms with van der Waals surface area (Å²) in [5.74, 6) is -0.171. The minimum absolute atomic E-state index is 0.171. The molecule has 1 aliphatic rings. The highest BCUT2D eigenvalue weighted by Crippen LogP contribution is 2.30. The Labute approximate surface area is 169 Å². The van der Waals surface area contributed by atoms with Gasteiger partial charge < -0.3 is 15.6 Å². The smallest absolute Gasteiger partial charge is 0.255 e. The predicted molar refractivity (Wildman–Crippen MR) is 114 cm³/mol. The summed E-state index contributed by atoms with van der Waals surface area (Å²) in [6, 6.07) is 8.53. The number of amides is 1. The average Bonchev–Trinajstić information content (AvgIpc) is 3.06. The number of pyridine rings is 1. The molecule has 0 saturated carbocycles. The Morgan fingerprint density at radius 2 is 2.25 bits per heavy atom. The zero-order valence-corrected chi connectivity index (χ0v) is 16.9. The molecule has 0 aliphatic heterocycles. The van der Waals surface area contributed by atoms with E-state index in [0.717, 1.165) is 36.6 Å². The third-order valence-corrected chi connectivity index (χ3v) is 5.90. The standard InChI is InChI=1S/C22H25ClN4O/c1-3-13(2)25-15-5-7-20-17(11-15)16-10-14(4-6-19(16)26-20)22(28)27-21-8-9-24-12-18(21)23/h4,6,8-10,12-13,15,25-26H,3,5,7,11H2,1-2H3,(H,24,27,28). The number of hydrogen-bond acceptors (Lipinski definition) is 3. The molecule has 2 aromatic heterocycles. The number of halogens is 1. The monoisotopic (exact) mass is 396 g/mol. The Kier molecular flexibility index (Phi) is 5.38. The molecule has 1 amide bonds. The van der Waals surface area contributed by atoms with Crippen LogP contribution in [0.15, 0.2) is 36.7 Å². The SMILES string of the molecule is CCC(C)NC1CCc2[nH]c3ccc(C(=O)Nc4ccncc4Cl)cc3c2C1. The van der Waals surface area contributed by atoms with Gasteiger partial charge in [-0.25, -0.2) is 0 Å². The number of anilines is 1. The van der Waals surface area contributed by atoms with Crippen molar-refractivity contribution in [2.24, 2.45) is 0 Å². The molecule has 0 fully saturated rings. The van der Waals surface area contributed by atoms with Gasteiger partial charge in [0.25, 0.3) is 5.91 Å². The van der Waals surface area contributed by atoms with Gasteiger partial charge in [-0.2, -0.15) is 0 Å². The third kappa shape index (κ3) is 3.77. The van der Waals surface area contributed by atoms with Crippen LogP contribution in [-0.4, -0.2) is 28.0 Å². The van der Waals surface area contributed by atoms with Gasteiger partial charge in [0.2, 0.25) is 0 Å². The lowest BCUT2D eigenvalue weighted by Crippen LogP contribution is -2.39. The second-order valence-corrected chi connectivity index (χ2v) is 7.98. The van der Waals surface area contributed by atoms with Crippen molar-refractivity contribution >= 4 is 34.1 Å². The number of rotatable bonds is 5. The molecule has 2 atom stereocenters. The Morgan fingerprint density at radius 3 is 3.04 bits per heavy atom. The van der Waals surface area contributed by atoms with Gasteiger partial charge in [-0.05, 0) is 62.4 Å². The van der Waals surface area contributed by atoms with Crippen LogP contribution in [0.25, 0.3) is 10.9 Å². The van der Waals surface area contributed by atoms with Gasteiger partial charge in [-0.1, -0.05) is 18.5 Å². The van der Waals surface area contributed by atoms with E-state index in [1.165, 1.54) is 17.5 Å². The molecular weight excluding hydrogens is 372 g/mol. The van der Waals surface area contributed by atoms with Crippen LogP contribution in [0, 0.1) is 0 Å². The molecule has 0 radical (unpaired) electrons. The van der Waals surface area contributed by atoms with Gasteiger partial charge in [0.05, 0.1) is 10.7 Å². The van der Waals surface area contributed by atoms with E-state index < -0.39 is 0 Å². The minimum atomic E-state index is -0.171. The fourth-order valence-electron chi connectivity index (χ4n) is 3.89. The highest BCUT2D eigenvalue weighted by molar-refractivity contribution is 6.33. The summed E-state index contributed by atoms with van der Waals surface area (Å²) in [5, 5.41) is 8.16. The van der Waals surface area contributed by atoms with Crippen LogP contribution in [0.3, 0.4) is 0 Å². The first kappa shape index (κ1) is 19.0. The summed E-state index contributed by atoms with van der Waals surface area (Å²) in [5.41, 5.74) is 4.91. The second kappa shape index (κ2) is 7.94. The molecule has 1 aromatic carbocycles. The number of nitrogens with zero attached hydrogens (tertiary/aromatic N) is 1. The first-order valence-electron chi connectivity index (χ1n) is 9.85. The van der Waals surface area contributed by atoms with E-state index in [1.54, 1.807) is 12.3 Å². The maximum atomic E-state index is 12.7. The molecule has 2 heterocycles. The van der Waals surface area contributed by atoms with Crippen molar-refractivity contribution in [1.82, 2.24) is 15.3 Å². The summed E-state index contributed by atoms with van der Waals surface area (Å²) in [6.45, 7) is 4.44. The summed E-state index contributed by atoms with van der Waals surface area (Å²) in [6.07, 6.45) is 7.41. The van der Waals surface area contributed by atoms with Crippen LogP contribution in [-0.2, 0) is 12.8 Å². The molecule has 1 aliphatic carbocycles. The lowest BCUT2D eigenvalue weighted by atomic mass is 9.90. The molecule has 0 bridgehead atoms. The molecular formula is C22H25ClN4O. The van der Waals surface area contributed by atoms with E-state index in [0.29, 0.717) is 28.4 Å². The van der Waals surface area contributed by atoms with Crippen LogP contribution < -0.4 is 10.6 Å². The highest BCUT2D eigenvalue weighted by atomic mass is 35.5. The van der Waals surface area contributed by atoms with Crippen LogP contribution in [0.2, 0.25) is 5.02 Å². The fraction of sp³-hybridized carbons (Fsp3) is 0.364. The Balaban J connectivity index is 1.60. The van der Waals surface area contributed by atoms with E-state index in [9.17, 15) is 4.79 Å². The van der Waals surface area contributed by atoms with Crippen molar-refractivity contribution in [2.45, 2.75) is 51.6 Å². The molecule has 3 N–H and O–H groups in total. The quantitative estimate of drug-likeness (QED) is 0.584. The lowest BCUT2D eigenvalue weighted by Gasteiger charge is -2.26. The molecule has 5 nitrogen and oxygen atoms in total. The maximum absolute atomic E-state index is 12.7. The van der Waals surface area contributed by atoms with Crippen LogP contribution in [0.4, 0.5) is 5.69 Å². The average molecular weight is 397 g/mol. The van der Waals surface area contributed by atoms with Crippen molar-refractivity contribution in [1.29, 1.82) is 0 Å². The molecule has 3 aromatic rings. The van der Waals surface area contributed by atoms with E-state index in [1.807, 2.05) is 18.2 Å². The van der Waals surface area contributed by atoms with Crippen molar-refractivity contribution in [3.05, 3.63) is 58.5 Å². The van der Waals surface area contributed by atoms with Crippen molar-refractivity contribution in [2.75, 3.05) is 5.32 Å². The van der Waals surface area contributed by atoms with Gasteiger partial charge in [-0.15, -0.1) is 0 Å². The Hall–Kier alpha value is -2.37.